The Morgan fingerprint density at radius 2 is 1.86 bits per heavy atom. The van der Waals surface area contributed by atoms with E-state index in [4.69, 9.17) is 20.5 Å². The summed E-state index contributed by atoms with van der Waals surface area (Å²) in [7, 11) is -4.03. The summed E-state index contributed by atoms with van der Waals surface area (Å²) in [5.74, 6) is 0.317. The number of halogens is 1. The number of rotatable bonds is 13. The van der Waals surface area contributed by atoms with Gasteiger partial charge >= 0.3 is 0 Å². The van der Waals surface area contributed by atoms with Gasteiger partial charge in [0.2, 0.25) is 5.91 Å². The molecule has 2 heterocycles. The maximum atomic E-state index is 13.3. The van der Waals surface area contributed by atoms with Crippen molar-refractivity contribution in [3.05, 3.63) is 83.2 Å². The Labute approximate surface area is 249 Å². The lowest BCUT2D eigenvalue weighted by atomic mass is 10.0. The quantitative estimate of drug-likeness (QED) is 0.277. The van der Waals surface area contributed by atoms with E-state index in [1.54, 1.807) is 36.4 Å². The molecule has 2 amide bonds. The normalized spacial score (nSPS) is 15.0. The minimum atomic E-state index is -4.03. The number of aliphatic hydroxyl groups is 1. The molecule has 0 radical (unpaired) electrons. The summed E-state index contributed by atoms with van der Waals surface area (Å²) in [6.45, 7) is 5.28. The molecule has 0 bridgehead atoms. The fourth-order valence-electron chi connectivity index (χ4n) is 4.28. The summed E-state index contributed by atoms with van der Waals surface area (Å²) >= 11 is 6.18. The molecule has 2 aromatic carbocycles. The standard InChI is InChI=1S/C29H33ClN4O7S/c1-19(2)14-25(34-17-22(15-28(34)36)41-26-7-5-4-6-24(26)30)29(37)31-27-12-13-33(32-27)16-21(35)18-40-42(38,39)23-10-8-20(3)9-11-23/h4-13,15,19,21,25,35H,14,16-18H2,1-3H3,(H,31,32,37). The average molecular weight is 617 g/mol. The van der Waals surface area contributed by atoms with Crippen LogP contribution in [0.1, 0.15) is 25.8 Å². The van der Waals surface area contributed by atoms with Crippen LogP contribution in [-0.2, 0) is 30.4 Å². The average Bonchev–Trinajstić information content (AvgIpc) is 3.52. The van der Waals surface area contributed by atoms with Gasteiger partial charge in [-0.2, -0.15) is 13.5 Å². The number of aromatic nitrogens is 2. The number of nitrogens with zero attached hydrogens (tertiary/aromatic N) is 3. The highest BCUT2D eigenvalue weighted by molar-refractivity contribution is 7.86. The molecule has 2 unspecified atom stereocenters. The smallest absolute Gasteiger partial charge is 0.297 e. The zero-order valence-electron chi connectivity index (χ0n) is 23.4. The molecular formula is C29H33ClN4O7S. The summed E-state index contributed by atoms with van der Waals surface area (Å²) < 4.78 is 36.9. The monoisotopic (exact) mass is 616 g/mol. The molecular weight excluding hydrogens is 584 g/mol. The number of carbonyl (C=O) groups excluding carboxylic acids is 2. The number of aliphatic hydroxyl groups excluding tert-OH is 1. The third-order valence-corrected chi connectivity index (χ3v) is 7.97. The van der Waals surface area contributed by atoms with Gasteiger partial charge in [0.25, 0.3) is 16.0 Å². The number of para-hydroxylation sites is 1. The summed E-state index contributed by atoms with van der Waals surface area (Å²) in [6, 6.07) is 13.8. The Bertz CT molecular complexity index is 1550. The van der Waals surface area contributed by atoms with Crippen molar-refractivity contribution in [1.82, 2.24) is 14.7 Å². The molecule has 4 rings (SSSR count). The Morgan fingerprint density at radius 1 is 1.14 bits per heavy atom. The fraction of sp³-hybridized carbons (Fsp3) is 0.345. The van der Waals surface area contributed by atoms with Crippen molar-refractivity contribution in [3.63, 3.8) is 0 Å². The van der Waals surface area contributed by atoms with Crippen LogP contribution in [0.25, 0.3) is 0 Å². The maximum Gasteiger partial charge on any atom is 0.297 e. The van der Waals surface area contributed by atoms with E-state index in [0.29, 0.717) is 23.0 Å². The molecule has 0 aliphatic carbocycles. The van der Waals surface area contributed by atoms with Crippen molar-refractivity contribution < 1.29 is 32.0 Å². The number of hydrogen-bond acceptors (Lipinski definition) is 8. The van der Waals surface area contributed by atoms with E-state index in [1.165, 1.54) is 40.1 Å². The predicted octanol–water partition coefficient (Wildman–Crippen LogP) is 3.77. The van der Waals surface area contributed by atoms with Crippen LogP contribution in [0.15, 0.2) is 77.5 Å². The van der Waals surface area contributed by atoms with Gasteiger partial charge in [0, 0.05) is 18.3 Å². The lowest BCUT2D eigenvalue weighted by molar-refractivity contribution is -0.133. The third-order valence-electron chi connectivity index (χ3n) is 6.36. The lowest BCUT2D eigenvalue weighted by Crippen LogP contribution is -2.46. The number of anilines is 1. The second kappa shape index (κ2) is 13.5. The SMILES string of the molecule is Cc1ccc(S(=O)(=O)OCC(O)Cn2ccc(NC(=O)C(CC(C)C)N3CC(Oc4ccccc4Cl)=CC3=O)n2)cc1. The van der Waals surface area contributed by atoms with Crippen LogP contribution in [0.2, 0.25) is 5.02 Å². The summed E-state index contributed by atoms with van der Waals surface area (Å²) in [5, 5.41) is 17.7. The molecule has 3 aromatic rings. The molecule has 11 nitrogen and oxygen atoms in total. The van der Waals surface area contributed by atoms with E-state index in [1.807, 2.05) is 20.8 Å². The highest BCUT2D eigenvalue weighted by atomic mass is 35.5. The first-order chi connectivity index (χ1) is 19.9. The van der Waals surface area contributed by atoms with E-state index in [0.717, 1.165) is 5.56 Å². The highest BCUT2D eigenvalue weighted by Crippen LogP contribution is 2.28. The molecule has 0 spiro atoms. The Balaban J connectivity index is 1.34. The largest absolute Gasteiger partial charge is 0.458 e. The molecule has 13 heteroatoms. The molecule has 1 aliphatic rings. The zero-order chi connectivity index (χ0) is 30.4. The van der Waals surface area contributed by atoms with Crippen LogP contribution in [0.4, 0.5) is 5.82 Å². The van der Waals surface area contributed by atoms with Gasteiger partial charge in [-0.25, -0.2) is 0 Å². The molecule has 0 saturated carbocycles. The Morgan fingerprint density at radius 3 is 2.55 bits per heavy atom. The number of amides is 2. The fourth-order valence-corrected chi connectivity index (χ4v) is 5.39. The van der Waals surface area contributed by atoms with E-state index < -0.39 is 34.8 Å². The van der Waals surface area contributed by atoms with Gasteiger partial charge in [-0.1, -0.05) is 55.3 Å². The van der Waals surface area contributed by atoms with Gasteiger partial charge in [-0.15, -0.1) is 0 Å². The van der Waals surface area contributed by atoms with Crippen LogP contribution in [0.3, 0.4) is 0 Å². The second-order valence-electron chi connectivity index (χ2n) is 10.4. The predicted molar refractivity (Wildman–Crippen MR) is 156 cm³/mol. The van der Waals surface area contributed by atoms with Crippen molar-refractivity contribution >= 4 is 39.4 Å². The van der Waals surface area contributed by atoms with E-state index in [-0.39, 0.29) is 35.6 Å². The summed E-state index contributed by atoms with van der Waals surface area (Å²) in [4.78, 5) is 27.6. The Hall–Kier alpha value is -3.71. The van der Waals surface area contributed by atoms with Crippen molar-refractivity contribution in [2.45, 2.75) is 50.8 Å². The molecule has 42 heavy (non-hydrogen) atoms. The molecule has 224 valence electrons. The summed E-state index contributed by atoms with van der Waals surface area (Å²) in [5.41, 5.74) is 0.905. The van der Waals surface area contributed by atoms with E-state index >= 15 is 0 Å². The van der Waals surface area contributed by atoms with Crippen molar-refractivity contribution in [2.75, 3.05) is 18.5 Å². The first-order valence-corrected chi connectivity index (χ1v) is 15.1. The first-order valence-electron chi connectivity index (χ1n) is 13.3. The highest BCUT2D eigenvalue weighted by Gasteiger charge is 2.35. The number of carbonyl (C=O) groups is 2. The number of nitrogens with one attached hydrogen (secondary N) is 1. The van der Waals surface area contributed by atoms with Crippen LogP contribution >= 0.6 is 11.6 Å². The molecule has 2 N–H and O–H groups in total. The minimum Gasteiger partial charge on any atom is -0.458 e. The van der Waals surface area contributed by atoms with Crippen LogP contribution < -0.4 is 10.1 Å². The summed E-state index contributed by atoms with van der Waals surface area (Å²) in [6.07, 6.45) is 2.09. The topological polar surface area (TPSA) is 140 Å². The van der Waals surface area contributed by atoms with Crippen molar-refractivity contribution in [1.29, 1.82) is 0 Å². The molecule has 0 fully saturated rings. The molecule has 1 aromatic heterocycles. The molecule has 2 atom stereocenters. The van der Waals surface area contributed by atoms with Gasteiger partial charge in [0.1, 0.15) is 17.6 Å². The Kier molecular flexibility index (Phi) is 10.0. The molecule has 1 aliphatic heterocycles. The minimum absolute atomic E-state index is 0.00503. The van der Waals surface area contributed by atoms with Gasteiger partial charge in [-0.3, -0.25) is 18.5 Å². The van der Waals surface area contributed by atoms with Gasteiger partial charge < -0.3 is 20.1 Å². The van der Waals surface area contributed by atoms with Crippen LogP contribution in [0.5, 0.6) is 5.75 Å². The van der Waals surface area contributed by atoms with Gasteiger partial charge in [0.05, 0.1) is 35.7 Å². The van der Waals surface area contributed by atoms with E-state index in [9.17, 15) is 23.1 Å². The third kappa shape index (κ3) is 8.19. The molecule has 0 saturated heterocycles. The maximum absolute atomic E-state index is 13.3. The van der Waals surface area contributed by atoms with Crippen LogP contribution in [-0.4, -0.2) is 65.3 Å². The second-order valence-corrected chi connectivity index (χ2v) is 12.4. The van der Waals surface area contributed by atoms with Gasteiger partial charge in [-0.05, 0) is 43.5 Å². The van der Waals surface area contributed by atoms with E-state index in [2.05, 4.69) is 10.4 Å². The number of ether oxygens (including phenoxy) is 1. The zero-order valence-corrected chi connectivity index (χ0v) is 25.0. The number of hydrogen-bond donors (Lipinski definition) is 2. The first kappa shape index (κ1) is 31.2. The van der Waals surface area contributed by atoms with Crippen LogP contribution in [0, 0.1) is 12.8 Å². The van der Waals surface area contributed by atoms with Gasteiger partial charge in [0.15, 0.2) is 5.82 Å². The van der Waals surface area contributed by atoms with Crippen molar-refractivity contribution in [3.8, 4) is 5.75 Å². The number of benzene rings is 2. The lowest BCUT2D eigenvalue weighted by Gasteiger charge is -2.28. The number of aryl methyl sites for hydroxylation is 1. The van der Waals surface area contributed by atoms with Crippen molar-refractivity contribution in [2.24, 2.45) is 5.92 Å².